The maximum absolute atomic E-state index is 2.49. The summed E-state index contributed by atoms with van der Waals surface area (Å²) in [7, 11) is 2.26. The van der Waals surface area contributed by atoms with Gasteiger partial charge in [-0.3, -0.25) is 0 Å². The number of hydrogen-bond acceptors (Lipinski definition) is 1. The third-order valence-corrected chi connectivity index (χ3v) is 3.81. The van der Waals surface area contributed by atoms with Crippen LogP contribution in [0.2, 0.25) is 0 Å². The molecule has 1 aromatic carbocycles. The van der Waals surface area contributed by atoms with E-state index in [-0.39, 0.29) is 0 Å². The van der Waals surface area contributed by atoms with Crippen molar-refractivity contribution < 1.29 is 0 Å². The van der Waals surface area contributed by atoms with Crippen molar-refractivity contribution in [2.75, 3.05) is 11.9 Å². The number of anilines is 1. The number of para-hydroxylation sites is 1. The van der Waals surface area contributed by atoms with Crippen molar-refractivity contribution in [1.29, 1.82) is 0 Å². The summed E-state index contributed by atoms with van der Waals surface area (Å²) in [5, 5.41) is 0. The zero-order valence-corrected chi connectivity index (χ0v) is 10.6. The van der Waals surface area contributed by atoms with Gasteiger partial charge in [-0.15, -0.1) is 0 Å². The fourth-order valence-electron chi connectivity index (χ4n) is 2.75. The lowest BCUT2D eigenvalue weighted by Crippen LogP contribution is -2.35. The maximum atomic E-state index is 2.49. The van der Waals surface area contributed by atoms with Crippen LogP contribution in [0, 0.1) is 0 Å². The first kappa shape index (κ1) is 11.5. The van der Waals surface area contributed by atoms with E-state index in [1.807, 2.05) is 0 Å². The summed E-state index contributed by atoms with van der Waals surface area (Å²) in [5.74, 6) is 0. The minimum Gasteiger partial charge on any atom is -0.371 e. The van der Waals surface area contributed by atoms with Crippen molar-refractivity contribution >= 4 is 5.69 Å². The molecule has 0 saturated carbocycles. The number of fused-ring (bicyclic) bond motifs is 1. The second-order valence-corrected chi connectivity index (χ2v) is 4.93. The summed E-state index contributed by atoms with van der Waals surface area (Å²) in [6.45, 7) is 2.28. The molecule has 0 amide bonds. The van der Waals surface area contributed by atoms with E-state index in [2.05, 4.69) is 43.1 Å². The number of hydrogen-bond donors (Lipinski definition) is 0. The first-order valence-corrected chi connectivity index (χ1v) is 6.63. The summed E-state index contributed by atoms with van der Waals surface area (Å²) >= 11 is 0. The average Bonchev–Trinajstić information content (AvgIpc) is 2.33. The van der Waals surface area contributed by atoms with Gasteiger partial charge in [-0.1, -0.05) is 44.4 Å². The molecular weight excluding hydrogens is 194 g/mol. The Balaban J connectivity index is 2.00. The van der Waals surface area contributed by atoms with E-state index in [0.717, 1.165) is 6.04 Å². The molecule has 0 spiro atoms. The van der Waals surface area contributed by atoms with Crippen LogP contribution in [-0.4, -0.2) is 13.1 Å². The van der Waals surface area contributed by atoms with Crippen LogP contribution in [0.5, 0.6) is 0 Å². The largest absolute Gasteiger partial charge is 0.371 e. The summed E-state index contributed by atoms with van der Waals surface area (Å²) < 4.78 is 0. The van der Waals surface area contributed by atoms with E-state index in [9.17, 15) is 0 Å². The summed E-state index contributed by atoms with van der Waals surface area (Å²) in [4.78, 5) is 2.49. The summed E-state index contributed by atoms with van der Waals surface area (Å²) in [6.07, 6.45) is 8.04. The molecular formula is C15H23N. The van der Waals surface area contributed by atoms with Gasteiger partial charge >= 0.3 is 0 Å². The number of benzene rings is 1. The van der Waals surface area contributed by atoms with Gasteiger partial charge < -0.3 is 4.90 Å². The molecule has 88 valence electrons. The van der Waals surface area contributed by atoms with Crippen LogP contribution in [0.4, 0.5) is 5.69 Å². The van der Waals surface area contributed by atoms with Crippen LogP contribution in [0.25, 0.3) is 0 Å². The molecule has 16 heavy (non-hydrogen) atoms. The van der Waals surface area contributed by atoms with Crippen LogP contribution < -0.4 is 4.90 Å². The van der Waals surface area contributed by atoms with E-state index in [0.29, 0.717) is 0 Å². The normalized spacial score (nSPS) is 19.6. The minimum absolute atomic E-state index is 0.765. The van der Waals surface area contributed by atoms with E-state index < -0.39 is 0 Å². The molecule has 1 aliphatic rings. The Morgan fingerprint density at radius 2 is 2.06 bits per heavy atom. The Hall–Kier alpha value is -0.980. The van der Waals surface area contributed by atoms with Crippen LogP contribution >= 0.6 is 0 Å². The molecule has 1 nitrogen and oxygen atoms in total. The van der Waals surface area contributed by atoms with Gasteiger partial charge in [0, 0.05) is 18.8 Å². The molecule has 1 heteroatoms. The van der Waals surface area contributed by atoms with Gasteiger partial charge in [0.05, 0.1) is 0 Å². The Morgan fingerprint density at radius 3 is 2.88 bits per heavy atom. The van der Waals surface area contributed by atoms with Crippen molar-refractivity contribution in [1.82, 2.24) is 0 Å². The topological polar surface area (TPSA) is 3.24 Å². The molecule has 0 bridgehead atoms. The van der Waals surface area contributed by atoms with E-state index in [4.69, 9.17) is 0 Å². The van der Waals surface area contributed by atoms with Crippen LogP contribution in [-0.2, 0) is 6.42 Å². The monoisotopic (exact) mass is 217 g/mol. The van der Waals surface area contributed by atoms with Gasteiger partial charge in [-0.25, -0.2) is 0 Å². The van der Waals surface area contributed by atoms with Gasteiger partial charge in [0.25, 0.3) is 0 Å². The van der Waals surface area contributed by atoms with E-state index >= 15 is 0 Å². The lowest BCUT2D eigenvalue weighted by molar-refractivity contribution is 0.493. The third-order valence-electron chi connectivity index (χ3n) is 3.81. The Bertz CT molecular complexity index is 332. The van der Waals surface area contributed by atoms with Gasteiger partial charge in [0.2, 0.25) is 0 Å². The third kappa shape index (κ3) is 2.40. The Kier molecular flexibility index (Phi) is 3.87. The number of aryl methyl sites for hydroxylation is 1. The molecule has 0 aromatic heterocycles. The quantitative estimate of drug-likeness (QED) is 0.689. The molecule has 0 fully saturated rings. The predicted octanol–water partition coefficient (Wildman–Crippen LogP) is 4.02. The van der Waals surface area contributed by atoms with Crippen LogP contribution in [0.1, 0.15) is 44.6 Å². The summed E-state index contributed by atoms with van der Waals surface area (Å²) in [5.41, 5.74) is 2.98. The maximum Gasteiger partial charge on any atom is 0.0398 e. The van der Waals surface area contributed by atoms with Crippen molar-refractivity contribution in [3.63, 3.8) is 0 Å². The van der Waals surface area contributed by atoms with Gasteiger partial charge in [0.15, 0.2) is 0 Å². The van der Waals surface area contributed by atoms with Gasteiger partial charge in [-0.2, -0.15) is 0 Å². The lowest BCUT2D eigenvalue weighted by Gasteiger charge is -2.36. The van der Waals surface area contributed by atoms with Crippen molar-refractivity contribution in [2.45, 2.75) is 51.5 Å². The standard InChI is InChI=1S/C15H23N/c1-3-4-5-9-14-12-11-13-8-6-7-10-15(13)16(14)2/h6-8,10,14H,3-5,9,11-12H2,1-2H3/t14-/m0/s1. The molecule has 0 N–H and O–H groups in total. The van der Waals surface area contributed by atoms with Crippen molar-refractivity contribution in [3.05, 3.63) is 29.8 Å². The second-order valence-electron chi connectivity index (χ2n) is 4.93. The van der Waals surface area contributed by atoms with Gasteiger partial charge in [-0.05, 0) is 30.9 Å². The van der Waals surface area contributed by atoms with E-state index in [1.54, 1.807) is 0 Å². The zero-order chi connectivity index (χ0) is 11.4. The Labute approximate surface area is 99.5 Å². The average molecular weight is 217 g/mol. The number of nitrogens with zero attached hydrogens (tertiary/aromatic N) is 1. The molecule has 0 aliphatic carbocycles. The molecule has 1 aromatic rings. The molecule has 0 unspecified atom stereocenters. The van der Waals surface area contributed by atoms with Crippen molar-refractivity contribution in [2.24, 2.45) is 0 Å². The van der Waals surface area contributed by atoms with E-state index in [1.165, 1.54) is 49.8 Å². The van der Waals surface area contributed by atoms with Crippen LogP contribution in [0.3, 0.4) is 0 Å². The fraction of sp³-hybridized carbons (Fsp3) is 0.600. The lowest BCUT2D eigenvalue weighted by atomic mass is 9.93. The fourth-order valence-corrected chi connectivity index (χ4v) is 2.75. The molecule has 1 heterocycles. The van der Waals surface area contributed by atoms with Crippen molar-refractivity contribution in [3.8, 4) is 0 Å². The Morgan fingerprint density at radius 1 is 1.25 bits per heavy atom. The predicted molar refractivity (Wildman–Crippen MR) is 71.1 cm³/mol. The number of unbranched alkanes of at least 4 members (excludes halogenated alkanes) is 2. The highest BCUT2D eigenvalue weighted by atomic mass is 15.1. The highest BCUT2D eigenvalue weighted by Crippen LogP contribution is 2.30. The molecule has 1 atom stereocenters. The highest BCUT2D eigenvalue weighted by molar-refractivity contribution is 5.55. The first-order chi connectivity index (χ1) is 7.83. The molecule has 2 rings (SSSR count). The van der Waals surface area contributed by atoms with Gasteiger partial charge in [0.1, 0.15) is 0 Å². The summed E-state index contributed by atoms with van der Waals surface area (Å²) in [6, 6.07) is 9.62. The smallest absolute Gasteiger partial charge is 0.0398 e. The zero-order valence-electron chi connectivity index (χ0n) is 10.6. The SMILES string of the molecule is CCCCC[C@H]1CCc2ccccc2N1C. The first-order valence-electron chi connectivity index (χ1n) is 6.63. The number of rotatable bonds is 4. The minimum atomic E-state index is 0.765. The second kappa shape index (κ2) is 5.38. The molecule has 1 aliphatic heterocycles. The molecule has 0 radical (unpaired) electrons. The molecule has 0 saturated heterocycles. The highest BCUT2D eigenvalue weighted by Gasteiger charge is 2.21. The van der Waals surface area contributed by atoms with Crippen LogP contribution in [0.15, 0.2) is 24.3 Å².